The Bertz CT molecular complexity index is 1080. The van der Waals surface area contributed by atoms with Gasteiger partial charge < -0.3 is 5.32 Å². The zero-order valence-corrected chi connectivity index (χ0v) is 18.4. The first-order chi connectivity index (χ1) is 13.5. The monoisotopic (exact) mass is 439 g/mol. The van der Waals surface area contributed by atoms with Crippen molar-refractivity contribution in [2.75, 3.05) is 32.5 Å². The van der Waals surface area contributed by atoms with Crippen molar-refractivity contribution < 1.29 is 21.6 Å². The molecule has 0 unspecified atom stereocenters. The summed E-state index contributed by atoms with van der Waals surface area (Å²) in [6.45, 7) is 3.08. The number of benzene rings is 2. The van der Waals surface area contributed by atoms with Crippen LogP contribution in [0.15, 0.2) is 58.3 Å². The van der Waals surface area contributed by atoms with E-state index >= 15 is 0 Å². The van der Waals surface area contributed by atoms with Crippen LogP contribution in [-0.4, -0.2) is 58.5 Å². The Morgan fingerprint density at radius 1 is 0.931 bits per heavy atom. The van der Waals surface area contributed by atoms with E-state index in [9.17, 15) is 21.6 Å². The normalized spacial score (nSPS) is 12.3. The third-order valence-electron chi connectivity index (χ3n) is 4.32. The summed E-state index contributed by atoms with van der Waals surface area (Å²) in [5, 5.41) is 2.62. The van der Waals surface area contributed by atoms with Gasteiger partial charge in [-0.05, 0) is 36.8 Å². The van der Waals surface area contributed by atoms with E-state index in [1.54, 1.807) is 38.1 Å². The van der Waals surface area contributed by atoms with Gasteiger partial charge in [0.25, 0.3) is 0 Å². The molecular formula is C19H25N3O5S2. The molecule has 10 heteroatoms. The van der Waals surface area contributed by atoms with E-state index in [2.05, 4.69) is 5.32 Å². The smallest absolute Gasteiger partial charge is 0.243 e. The predicted octanol–water partition coefficient (Wildman–Crippen LogP) is 1.89. The Hall–Kier alpha value is -2.27. The highest BCUT2D eigenvalue weighted by molar-refractivity contribution is 7.89. The molecule has 2 aromatic rings. The van der Waals surface area contributed by atoms with Crippen LogP contribution < -0.4 is 5.32 Å². The lowest BCUT2D eigenvalue weighted by molar-refractivity contribution is -0.116. The Kier molecular flexibility index (Phi) is 7.17. The van der Waals surface area contributed by atoms with E-state index < -0.39 is 32.5 Å². The van der Waals surface area contributed by atoms with Crippen molar-refractivity contribution in [1.29, 1.82) is 0 Å². The summed E-state index contributed by atoms with van der Waals surface area (Å²) in [6, 6.07) is 12.3. The highest BCUT2D eigenvalue weighted by Crippen LogP contribution is 2.22. The van der Waals surface area contributed by atoms with Crippen molar-refractivity contribution in [2.24, 2.45) is 0 Å². The first-order valence-corrected chi connectivity index (χ1v) is 11.8. The number of hydrogen-bond donors (Lipinski definition) is 1. The molecule has 0 radical (unpaired) electrons. The second-order valence-corrected chi connectivity index (χ2v) is 10.6. The molecule has 158 valence electrons. The summed E-state index contributed by atoms with van der Waals surface area (Å²) in [6.07, 6.45) is 0. The number of hydrogen-bond acceptors (Lipinski definition) is 5. The molecule has 0 aromatic heterocycles. The maximum atomic E-state index is 12.7. The number of nitrogens with zero attached hydrogens (tertiary/aromatic N) is 2. The number of likely N-dealkylation sites (N-methyl/N-ethyl adjacent to an activating group) is 1. The number of sulfonamides is 2. The Morgan fingerprint density at radius 3 is 2.10 bits per heavy atom. The van der Waals surface area contributed by atoms with Crippen LogP contribution in [-0.2, 0) is 24.8 Å². The summed E-state index contributed by atoms with van der Waals surface area (Å²) in [5.74, 6) is -0.561. The van der Waals surface area contributed by atoms with Crippen molar-refractivity contribution in [3.05, 3.63) is 54.1 Å². The Morgan fingerprint density at radius 2 is 1.55 bits per heavy atom. The minimum Gasteiger partial charge on any atom is -0.325 e. The lowest BCUT2D eigenvalue weighted by Gasteiger charge is -2.20. The van der Waals surface area contributed by atoms with Gasteiger partial charge in [0.1, 0.15) is 0 Å². The molecule has 0 heterocycles. The fourth-order valence-corrected chi connectivity index (χ4v) is 4.92. The lowest BCUT2D eigenvalue weighted by atomic mass is 10.2. The molecule has 0 aliphatic heterocycles. The van der Waals surface area contributed by atoms with Gasteiger partial charge in [0.15, 0.2) is 0 Å². The molecule has 0 saturated heterocycles. The third-order valence-corrected chi connectivity index (χ3v) is 8.06. The number of anilines is 1. The van der Waals surface area contributed by atoms with Crippen molar-refractivity contribution in [2.45, 2.75) is 23.6 Å². The van der Waals surface area contributed by atoms with Crippen molar-refractivity contribution in [3.8, 4) is 0 Å². The van der Waals surface area contributed by atoms with Gasteiger partial charge in [0, 0.05) is 26.3 Å². The van der Waals surface area contributed by atoms with Crippen LogP contribution in [0.2, 0.25) is 0 Å². The number of nitrogens with one attached hydrogen (secondary N) is 1. The average molecular weight is 440 g/mol. The van der Waals surface area contributed by atoms with Crippen LogP contribution in [0.1, 0.15) is 12.5 Å². The molecule has 2 rings (SSSR count). The zero-order valence-electron chi connectivity index (χ0n) is 16.8. The quantitative estimate of drug-likeness (QED) is 0.677. The van der Waals surface area contributed by atoms with E-state index in [1.165, 1.54) is 38.4 Å². The summed E-state index contributed by atoms with van der Waals surface area (Å²) in [4.78, 5) is 12.7. The molecule has 0 saturated carbocycles. The first-order valence-electron chi connectivity index (χ1n) is 8.88. The minimum atomic E-state index is -3.82. The van der Waals surface area contributed by atoms with Gasteiger partial charge in [-0.25, -0.2) is 21.1 Å². The van der Waals surface area contributed by atoms with Crippen LogP contribution in [0.3, 0.4) is 0 Å². The number of amides is 1. The van der Waals surface area contributed by atoms with E-state index in [0.717, 1.165) is 8.61 Å². The summed E-state index contributed by atoms with van der Waals surface area (Å²) in [7, 11) is -4.65. The second kappa shape index (κ2) is 9.04. The van der Waals surface area contributed by atoms with Crippen LogP contribution >= 0.6 is 0 Å². The molecule has 2 aromatic carbocycles. The molecule has 0 aliphatic rings. The molecule has 1 amide bonds. The fourth-order valence-electron chi connectivity index (χ4n) is 2.57. The highest BCUT2D eigenvalue weighted by Gasteiger charge is 2.25. The lowest BCUT2D eigenvalue weighted by Crippen LogP contribution is -2.38. The largest absolute Gasteiger partial charge is 0.325 e. The summed E-state index contributed by atoms with van der Waals surface area (Å²) < 4.78 is 52.3. The second-order valence-electron chi connectivity index (χ2n) is 6.56. The van der Waals surface area contributed by atoms with Crippen molar-refractivity contribution in [1.82, 2.24) is 8.61 Å². The maximum Gasteiger partial charge on any atom is 0.243 e. The third kappa shape index (κ3) is 5.21. The molecule has 1 N–H and O–H groups in total. The topological polar surface area (TPSA) is 104 Å². The first kappa shape index (κ1) is 23.0. The SMILES string of the molecule is CCN(CC(=O)Nc1cc(S(=O)(=O)N(C)C)ccc1C)S(=O)(=O)c1ccccc1. The molecule has 0 bridgehead atoms. The standard InChI is InChI=1S/C19H25N3O5S2/c1-5-22(29(26,27)16-9-7-6-8-10-16)14-19(23)20-18-13-17(12-11-15(18)2)28(24,25)21(3)4/h6-13H,5,14H2,1-4H3,(H,20,23). The van der Waals surface area contributed by atoms with Gasteiger partial charge in [0.05, 0.1) is 16.3 Å². The molecule has 0 spiro atoms. The number of carbonyl (C=O) groups excluding carboxylic acids is 1. The Labute approximate surface area is 172 Å². The number of carbonyl (C=O) groups is 1. The van der Waals surface area contributed by atoms with Crippen molar-refractivity contribution in [3.63, 3.8) is 0 Å². The van der Waals surface area contributed by atoms with E-state index in [1.807, 2.05) is 0 Å². The van der Waals surface area contributed by atoms with Gasteiger partial charge in [-0.3, -0.25) is 4.79 Å². The molecule has 0 atom stereocenters. The summed E-state index contributed by atoms with van der Waals surface area (Å²) >= 11 is 0. The summed E-state index contributed by atoms with van der Waals surface area (Å²) in [5.41, 5.74) is 0.969. The predicted molar refractivity (Wildman–Crippen MR) is 112 cm³/mol. The van der Waals surface area contributed by atoms with E-state index in [4.69, 9.17) is 0 Å². The molecule has 0 fully saturated rings. The fraction of sp³-hybridized carbons (Fsp3) is 0.316. The van der Waals surface area contributed by atoms with Gasteiger partial charge in [-0.15, -0.1) is 0 Å². The van der Waals surface area contributed by atoms with Crippen molar-refractivity contribution >= 4 is 31.6 Å². The van der Waals surface area contributed by atoms with Crippen LogP contribution in [0.5, 0.6) is 0 Å². The van der Waals surface area contributed by atoms with Crippen LogP contribution in [0.4, 0.5) is 5.69 Å². The van der Waals surface area contributed by atoms with Gasteiger partial charge >= 0.3 is 0 Å². The van der Waals surface area contributed by atoms with Gasteiger partial charge in [-0.1, -0.05) is 31.2 Å². The van der Waals surface area contributed by atoms with E-state index in [-0.39, 0.29) is 16.3 Å². The molecular weight excluding hydrogens is 414 g/mol. The van der Waals surface area contributed by atoms with Gasteiger partial charge in [-0.2, -0.15) is 4.31 Å². The average Bonchev–Trinajstić information content (AvgIpc) is 2.68. The minimum absolute atomic E-state index is 0.0349. The number of rotatable bonds is 8. The number of aryl methyl sites for hydroxylation is 1. The zero-order chi connectivity index (χ0) is 21.8. The van der Waals surface area contributed by atoms with Crippen LogP contribution in [0, 0.1) is 6.92 Å². The van der Waals surface area contributed by atoms with E-state index in [0.29, 0.717) is 11.3 Å². The molecule has 29 heavy (non-hydrogen) atoms. The van der Waals surface area contributed by atoms with Gasteiger partial charge in [0.2, 0.25) is 26.0 Å². The molecule has 0 aliphatic carbocycles. The maximum absolute atomic E-state index is 12.7. The molecule has 8 nitrogen and oxygen atoms in total. The Balaban J connectivity index is 2.24. The van der Waals surface area contributed by atoms with Crippen LogP contribution in [0.25, 0.3) is 0 Å². The highest BCUT2D eigenvalue weighted by atomic mass is 32.2.